The van der Waals surface area contributed by atoms with Crippen molar-refractivity contribution in [3.8, 4) is 0 Å². The van der Waals surface area contributed by atoms with Crippen molar-refractivity contribution in [2.75, 3.05) is 13.2 Å². The topological polar surface area (TPSA) is 91.7 Å². The Bertz CT molecular complexity index is 900. The molecular weight excluding hydrogens is 314 g/mol. The van der Waals surface area contributed by atoms with Crippen molar-refractivity contribution in [3.05, 3.63) is 56.5 Å². The molecule has 0 aliphatic heterocycles. The zero-order valence-corrected chi connectivity index (χ0v) is 13.4. The third-order valence-electron chi connectivity index (χ3n) is 3.27. The fourth-order valence-electron chi connectivity index (χ4n) is 2.31. The number of esters is 2. The predicted molar refractivity (Wildman–Crippen MR) is 87.1 cm³/mol. The highest BCUT2D eigenvalue weighted by atomic mass is 16.5. The van der Waals surface area contributed by atoms with Gasteiger partial charge in [-0.2, -0.15) is 0 Å². The summed E-state index contributed by atoms with van der Waals surface area (Å²) in [5, 5.41) is 0.0415. The zero-order chi connectivity index (χ0) is 17.7. The molecule has 0 aliphatic carbocycles. The van der Waals surface area contributed by atoms with Gasteiger partial charge in [-0.25, -0.2) is 4.79 Å². The Morgan fingerprint density at radius 3 is 2.38 bits per heavy atom. The van der Waals surface area contributed by atoms with E-state index in [-0.39, 0.29) is 36.2 Å². The summed E-state index contributed by atoms with van der Waals surface area (Å²) in [4.78, 5) is 48.6. The van der Waals surface area contributed by atoms with Crippen molar-refractivity contribution in [1.29, 1.82) is 0 Å². The van der Waals surface area contributed by atoms with Crippen molar-refractivity contribution in [2.24, 2.45) is 0 Å². The molecule has 7 heteroatoms. The minimum atomic E-state index is -0.805. The molecule has 0 bridgehead atoms. The molecule has 1 heterocycles. The monoisotopic (exact) mass is 331 g/mol. The summed E-state index contributed by atoms with van der Waals surface area (Å²) in [6.45, 7) is 3.26. The number of rotatable bonds is 5. The number of aromatic nitrogens is 1. The molecule has 0 saturated carbocycles. The lowest BCUT2D eigenvalue weighted by Crippen LogP contribution is -2.25. The number of carbonyl (C=O) groups is 2. The van der Waals surface area contributed by atoms with Crippen molar-refractivity contribution in [1.82, 2.24) is 4.57 Å². The van der Waals surface area contributed by atoms with Crippen molar-refractivity contribution in [3.63, 3.8) is 0 Å². The SMILES string of the molecule is CCOC(=O)Cn1cc(C(=O)OCC)c(=O)c2ccccc(=O)c21. The molecule has 0 saturated heterocycles. The van der Waals surface area contributed by atoms with Crippen LogP contribution in [0.4, 0.5) is 0 Å². The lowest BCUT2D eigenvalue weighted by molar-refractivity contribution is -0.143. The molecule has 0 fully saturated rings. The maximum absolute atomic E-state index is 12.5. The Hall–Kier alpha value is -2.96. The number of nitrogens with zero attached hydrogens (tertiary/aromatic N) is 1. The van der Waals surface area contributed by atoms with Crippen LogP contribution in [-0.4, -0.2) is 29.7 Å². The number of fused-ring (bicyclic) bond motifs is 1. The maximum Gasteiger partial charge on any atom is 0.343 e. The van der Waals surface area contributed by atoms with E-state index in [9.17, 15) is 19.2 Å². The van der Waals surface area contributed by atoms with E-state index in [0.29, 0.717) is 0 Å². The molecule has 1 aromatic carbocycles. The van der Waals surface area contributed by atoms with Crippen molar-refractivity contribution >= 4 is 22.8 Å². The van der Waals surface area contributed by atoms with Gasteiger partial charge in [-0.15, -0.1) is 0 Å². The van der Waals surface area contributed by atoms with Gasteiger partial charge >= 0.3 is 11.9 Å². The van der Waals surface area contributed by atoms with Crippen LogP contribution >= 0.6 is 0 Å². The standard InChI is InChI=1S/C17H17NO6/c1-3-23-14(20)10-18-9-12(17(22)24-4-2)16(21)11-7-5-6-8-13(19)15(11)18/h5-9H,3-4,10H2,1-2H3. The normalized spacial score (nSPS) is 10.4. The predicted octanol–water partition coefficient (Wildman–Crippen LogP) is 1.10. The molecular formula is C17H17NO6. The summed E-state index contributed by atoms with van der Waals surface area (Å²) in [5.74, 6) is -1.39. The van der Waals surface area contributed by atoms with Gasteiger partial charge in [0.2, 0.25) is 10.9 Å². The van der Waals surface area contributed by atoms with E-state index in [1.54, 1.807) is 13.8 Å². The average molecular weight is 331 g/mol. The second-order valence-electron chi connectivity index (χ2n) is 4.87. The highest BCUT2D eigenvalue weighted by Crippen LogP contribution is 2.09. The summed E-state index contributed by atoms with van der Waals surface area (Å²) in [6.07, 6.45) is 1.17. The van der Waals surface area contributed by atoms with E-state index in [4.69, 9.17) is 9.47 Å². The van der Waals surface area contributed by atoms with Crippen LogP contribution in [0.15, 0.2) is 40.1 Å². The summed E-state index contributed by atoms with van der Waals surface area (Å²) in [7, 11) is 0. The van der Waals surface area contributed by atoms with Gasteiger partial charge in [0.25, 0.3) is 0 Å². The molecule has 2 aromatic rings. The number of hydrogen-bond acceptors (Lipinski definition) is 6. The summed E-state index contributed by atoms with van der Waals surface area (Å²) >= 11 is 0. The van der Waals surface area contributed by atoms with Gasteiger partial charge in [0.05, 0.1) is 18.6 Å². The summed E-state index contributed by atoms with van der Waals surface area (Å²) in [6, 6.07) is 5.73. The Kier molecular flexibility index (Phi) is 5.47. The lowest BCUT2D eigenvalue weighted by Gasteiger charge is -2.11. The van der Waals surface area contributed by atoms with E-state index in [1.807, 2.05) is 0 Å². The number of hydrogen-bond donors (Lipinski definition) is 0. The molecule has 0 radical (unpaired) electrons. The van der Waals surface area contributed by atoms with E-state index in [2.05, 4.69) is 0 Å². The molecule has 0 amide bonds. The molecule has 24 heavy (non-hydrogen) atoms. The van der Waals surface area contributed by atoms with E-state index in [1.165, 1.54) is 35.0 Å². The van der Waals surface area contributed by atoms with E-state index < -0.39 is 22.8 Å². The maximum atomic E-state index is 12.5. The van der Waals surface area contributed by atoms with Gasteiger partial charge in [-0.1, -0.05) is 12.1 Å². The van der Waals surface area contributed by atoms with Crippen LogP contribution in [0.5, 0.6) is 0 Å². The Morgan fingerprint density at radius 2 is 1.71 bits per heavy atom. The smallest absolute Gasteiger partial charge is 0.343 e. The Balaban J connectivity index is 2.78. The molecule has 0 aliphatic rings. The molecule has 0 spiro atoms. The fourth-order valence-corrected chi connectivity index (χ4v) is 2.31. The van der Waals surface area contributed by atoms with Gasteiger partial charge in [0, 0.05) is 6.20 Å². The quantitative estimate of drug-likeness (QED) is 0.762. The van der Waals surface area contributed by atoms with Gasteiger partial charge in [0.1, 0.15) is 17.6 Å². The fraction of sp³-hybridized carbons (Fsp3) is 0.294. The summed E-state index contributed by atoms with van der Waals surface area (Å²) in [5.41, 5.74) is -1.26. The third kappa shape index (κ3) is 3.51. The first kappa shape index (κ1) is 17.4. The molecule has 0 atom stereocenters. The first-order chi connectivity index (χ1) is 11.5. The first-order valence-corrected chi connectivity index (χ1v) is 7.48. The average Bonchev–Trinajstić information content (AvgIpc) is 2.73. The van der Waals surface area contributed by atoms with Gasteiger partial charge in [-0.3, -0.25) is 14.4 Å². The Labute approximate surface area is 137 Å². The van der Waals surface area contributed by atoms with Crippen LogP contribution in [-0.2, 0) is 20.8 Å². The van der Waals surface area contributed by atoms with Crippen molar-refractivity contribution < 1.29 is 19.1 Å². The molecule has 7 nitrogen and oxygen atoms in total. The highest BCUT2D eigenvalue weighted by Gasteiger charge is 2.18. The van der Waals surface area contributed by atoms with Crippen LogP contribution in [0.25, 0.3) is 10.9 Å². The minimum absolute atomic E-state index is 0.0334. The van der Waals surface area contributed by atoms with Crippen LogP contribution in [0.3, 0.4) is 0 Å². The second kappa shape index (κ2) is 7.54. The van der Waals surface area contributed by atoms with Crippen LogP contribution in [0.2, 0.25) is 0 Å². The first-order valence-electron chi connectivity index (χ1n) is 7.48. The van der Waals surface area contributed by atoms with E-state index in [0.717, 1.165) is 0 Å². The van der Waals surface area contributed by atoms with Crippen molar-refractivity contribution in [2.45, 2.75) is 20.4 Å². The molecule has 0 unspecified atom stereocenters. The van der Waals surface area contributed by atoms with Crippen LogP contribution in [0, 0.1) is 0 Å². The lowest BCUT2D eigenvalue weighted by atomic mass is 10.1. The number of carbonyl (C=O) groups excluding carboxylic acids is 2. The van der Waals surface area contributed by atoms with E-state index >= 15 is 0 Å². The van der Waals surface area contributed by atoms with Gasteiger partial charge in [0.15, 0.2) is 0 Å². The largest absolute Gasteiger partial charge is 0.465 e. The van der Waals surface area contributed by atoms with Crippen LogP contribution in [0.1, 0.15) is 24.2 Å². The Morgan fingerprint density at radius 1 is 1.04 bits per heavy atom. The number of pyridine rings is 1. The van der Waals surface area contributed by atoms with Gasteiger partial charge < -0.3 is 14.0 Å². The molecule has 1 aromatic heterocycles. The van der Waals surface area contributed by atoms with Crippen LogP contribution < -0.4 is 10.9 Å². The summed E-state index contributed by atoms with van der Waals surface area (Å²) < 4.78 is 11.0. The third-order valence-corrected chi connectivity index (χ3v) is 3.27. The van der Waals surface area contributed by atoms with Gasteiger partial charge in [-0.05, 0) is 26.0 Å². The minimum Gasteiger partial charge on any atom is -0.465 e. The molecule has 0 N–H and O–H groups in total. The molecule has 2 rings (SSSR count). The zero-order valence-electron chi connectivity index (χ0n) is 13.4. The molecule has 126 valence electrons. The second-order valence-corrected chi connectivity index (χ2v) is 4.87. The number of ether oxygens (including phenoxy) is 2. The highest BCUT2D eigenvalue weighted by molar-refractivity contribution is 5.93.